The molecule has 0 aliphatic carbocycles. The molecule has 2 heteroatoms. The van der Waals surface area contributed by atoms with Gasteiger partial charge in [-0.05, 0) is 49.6 Å². The molecule has 0 bridgehead atoms. The highest BCUT2D eigenvalue weighted by Gasteiger charge is 2.33. The molecule has 17 heavy (non-hydrogen) atoms. The molecule has 2 heterocycles. The second-order valence-electron chi connectivity index (χ2n) is 5.63. The van der Waals surface area contributed by atoms with Gasteiger partial charge in [-0.3, -0.25) is 0 Å². The molecule has 1 atom stereocenters. The molecule has 0 spiro atoms. The molecule has 1 aromatic heterocycles. The Morgan fingerprint density at radius 2 is 2.24 bits per heavy atom. The number of hydrogen-bond donors (Lipinski definition) is 1. The summed E-state index contributed by atoms with van der Waals surface area (Å²) in [6, 6.07) is 4.44. The van der Waals surface area contributed by atoms with Gasteiger partial charge in [0, 0.05) is 10.4 Å². The first kappa shape index (κ1) is 13.1. The Labute approximate surface area is 110 Å². The fourth-order valence-electron chi connectivity index (χ4n) is 2.96. The van der Waals surface area contributed by atoms with Crippen molar-refractivity contribution in [1.82, 2.24) is 5.32 Å². The molecule has 1 unspecified atom stereocenters. The zero-order valence-electron chi connectivity index (χ0n) is 11.2. The van der Waals surface area contributed by atoms with E-state index in [9.17, 15) is 0 Å². The van der Waals surface area contributed by atoms with Crippen LogP contribution in [0.4, 0.5) is 0 Å². The maximum Gasteiger partial charge on any atom is 0.0207 e. The van der Waals surface area contributed by atoms with E-state index in [1.54, 1.807) is 0 Å². The van der Waals surface area contributed by atoms with Gasteiger partial charge < -0.3 is 5.32 Å². The summed E-state index contributed by atoms with van der Waals surface area (Å²) in [6.45, 7) is 5.97. The largest absolute Gasteiger partial charge is 0.311 e. The van der Waals surface area contributed by atoms with Crippen molar-refractivity contribution in [2.75, 3.05) is 6.54 Å². The summed E-state index contributed by atoms with van der Waals surface area (Å²) in [5.41, 5.74) is 0.389. The van der Waals surface area contributed by atoms with Gasteiger partial charge in [0.25, 0.3) is 0 Å². The Morgan fingerprint density at radius 1 is 1.35 bits per heavy atom. The van der Waals surface area contributed by atoms with Crippen LogP contribution < -0.4 is 5.32 Å². The standard InChI is InChI=1S/C15H25NS/c1-13(2)15(9-4-3-5-11-16-15)10-8-14-7-6-12-17-14/h6-7,12-13,16H,3-5,8-11H2,1-2H3. The lowest BCUT2D eigenvalue weighted by Crippen LogP contribution is -2.49. The summed E-state index contributed by atoms with van der Waals surface area (Å²) in [5, 5.41) is 6.05. The number of aryl methyl sites for hydroxylation is 1. The minimum atomic E-state index is 0.389. The molecule has 1 nitrogen and oxygen atoms in total. The quantitative estimate of drug-likeness (QED) is 0.844. The van der Waals surface area contributed by atoms with Crippen molar-refractivity contribution in [3.05, 3.63) is 22.4 Å². The highest BCUT2D eigenvalue weighted by Crippen LogP contribution is 2.31. The molecule has 1 aromatic rings. The van der Waals surface area contributed by atoms with E-state index in [2.05, 4.69) is 36.7 Å². The van der Waals surface area contributed by atoms with Gasteiger partial charge in [-0.15, -0.1) is 11.3 Å². The van der Waals surface area contributed by atoms with Gasteiger partial charge in [-0.2, -0.15) is 0 Å². The van der Waals surface area contributed by atoms with Crippen LogP contribution in [0.5, 0.6) is 0 Å². The molecule has 0 aromatic carbocycles. The van der Waals surface area contributed by atoms with Gasteiger partial charge in [0.05, 0.1) is 0 Å². The van der Waals surface area contributed by atoms with Crippen molar-refractivity contribution >= 4 is 11.3 Å². The first-order valence-electron chi connectivity index (χ1n) is 7.00. The van der Waals surface area contributed by atoms with Crippen LogP contribution in [0.25, 0.3) is 0 Å². The normalized spacial score (nSPS) is 26.1. The van der Waals surface area contributed by atoms with Crippen LogP contribution in [0.3, 0.4) is 0 Å². The van der Waals surface area contributed by atoms with Crippen molar-refractivity contribution in [1.29, 1.82) is 0 Å². The topological polar surface area (TPSA) is 12.0 Å². The Morgan fingerprint density at radius 3 is 2.94 bits per heavy atom. The maximum absolute atomic E-state index is 3.86. The monoisotopic (exact) mass is 251 g/mol. The molecule has 1 fully saturated rings. The second kappa shape index (κ2) is 6.01. The lowest BCUT2D eigenvalue weighted by molar-refractivity contribution is 0.211. The van der Waals surface area contributed by atoms with Crippen molar-refractivity contribution in [2.45, 2.75) is 57.9 Å². The maximum atomic E-state index is 3.86. The molecule has 96 valence electrons. The van der Waals surface area contributed by atoms with Gasteiger partial charge in [-0.1, -0.05) is 32.8 Å². The first-order valence-corrected chi connectivity index (χ1v) is 7.88. The highest BCUT2D eigenvalue weighted by atomic mass is 32.1. The second-order valence-corrected chi connectivity index (χ2v) is 6.66. The third kappa shape index (κ3) is 3.32. The van der Waals surface area contributed by atoms with Crippen molar-refractivity contribution in [2.24, 2.45) is 5.92 Å². The fraction of sp³-hybridized carbons (Fsp3) is 0.733. The Hall–Kier alpha value is -0.340. The van der Waals surface area contributed by atoms with Gasteiger partial charge in [0.15, 0.2) is 0 Å². The van der Waals surface area contributed by atoms with Crippen LogP contribution in [0.1, 0.15) is 50.8 Å². The van der Waals surface area contributed by atoms with Crippen LogP contribution in [0.15, 0.2) is 17.5 Å². The average molecular weight is 251 g/mol. The smallest absolute Gasteiger partial charge is 0.0207 e. The van der Waals surface area contributed by atoms with Crippen LogP contribution in [0.2, 0.25) is 0 Å². The summed E-state index contributed by atoms with van der Waals surface area (Å²) in [5.74, 6) is 0.737. The van der Waals surface area contributed by atoms with Gasteiger partial charge in [0.2, 0.25) is 0 Å². The van der Waals surface area contributed by atoms with Gasteiger partial charge in [-0.25, -0.2) is 0 Å². The molecular weight excluding hydrogens is 226 g/mol. The van der Waals surface area contributed by atoms with E-state index in [4.69, 9.17) is 0 Å². The van der Waals surface area contributed by atoms with Crippen molar-refractivity contribution < 1.29 is 0 Å². The summed E-state index contributed by atoms with van der Waals surface area (Å²) in [6.07, 6.45) is 8.05. The van der Waals surface area contributed by atoms with Crippen LogP contribution in [-0.2, 0) is 6.42 Å². The SMILES string of the molecule is CC(C)C1(CCc2cccs2)CCCCCN1. The molecule has 0 radical (unpaired) electrons. The van der Waals surface area contributed by atoms with Crippen molar-refractivity contribution in [3.8, 4) is 0 Å². The van der Waals surface area contributed by atoms with E-state index in [-0.39, 0.29) is 0 Å². The van der Waals surface area contributed by atoms with E-state index in [0.717, 1.165) is 5.92 Å². The molecule has 2 rings (SSSR count). The van der Waals surface area contributed by atoms with E-state index < -0.39 is 0 Å². The molecular formula is C15H25NS. The Bertz CT molecular complexity index is 308. The van der Waals surface area contributed by atoms with Gasteiger partial charge >= 0.3 is 0 Å². The Balaban J connectivity index is 2.00. The number of thiophene rings is 1. The third-order valence-corrected chi connectivity index (χ3v) is 5.22. The lowest BCUT2D eigenvalue weighted by Gasteiger charge is -2.38. The minimum Gasteiger partial charge on any atom is -0.311 e. The lowest BCUT2D eigenvalue weighted by atomic mass is 9.78. The molecule has 1 aliphatic heterocycles. The fourth-order valence-corrected chi connectivity index (χ4v) is 3.67. The van der Waals surface area contributed by atoms with E-state index in [1.165, 1.54) is 49.9 Å². The molecule has 0 saturated carbocycles. The van der Waals surface area contributed by atoms with Crippen LogP contribution in [0, 0.1) is 5.92 Å². The third-order valence-electron chi connectivity index (χ3n) is 4.28. The highest BCUT2D eigenvalue weighted by molar-refractivity contribution is 7.09. The van der Waals surface area contributed by atoms with E-state index >= 15 is 0 Å². The zero-order valence-corrected chi connectivity index (χ0v) is 12.0. The van der Waals surface area contributed by atoms with Crippen molar-refractivity contribution in [3.63, 3.8) is 0 Å². The molecule has 1 saturated heterocycles. The Kier molecular flexibility index (Phi) is 4.63. The predicted octanol–water partition coefficient (Wildman–Crippen LogP) is 4.24. The molecule has 1 N–H and O–H groups in total. The number of rotatable bonds is 4. The minimum absolute atomic E-state index is 0.389. The number of nitrogens with one attached hydrogen (secondary N) is 1. The summed E-state index contributed by atoms with van der Waals surface area (Å²) >= 11 is 1.90. The van der Waals surface area contributed by atoms with Crippen LogP contribution in [-0.4, -0.2) is 12.1 Å². The predicted molar refractivity (Wildman–Crippen MR) is 76.7 cm³/mol. The number of hydrogen-bond acceptors (Lipinski definition) is 2. The summed E-state index contributed by atoms with van der Waals surface area (Å²) < 4.78 is 0. The van der Waals surface area contributed by atoms with E-state index in [0.29, 0.717) is 5.54 Å². The van der Waals surface area contributed by atoms with E-state index in [1.807, 2.05) is 11.3 Å². The first-order chi connectivity index (χ1) is 8.23. The molecule has 0 amide bonds. The van der Waals surface area contributed by atoms with Gasteiger partial charge in [0.1, 0.15) is 0 Å². The summed E-state index contributed by atoms with van der Waals surface area (Å²) in [7, 11) is 0. The van der Waals surface area contributed by atoms with Crippen LogP contribution >= 0.6 is 11.3 Å². The summed E-state index contributed by atoms with van der Waals surface area (Å²) in [4.78, 5) is 1.54. The molecule has 1 aliphatic rings. The average Bonchev–Trinajstić information content (AvgIpc) is 2.71. The zero-order chi connectivity index (χ0) is 12.1.